The lowest BCUT2D eigenvalue weighted by Gasteiger charge is -2.52. The molecule has 3 aromatic carbocycles. The van der Waals surface area contributed by atoms with E-state index in [0.717, 1.165) is 49.4 Å². The molecule has 1 saturated heterocycles. The molecule has 6 heteroatoms. The molecule has 1 aliphatic carbocycles. The molecule has 190 valence electrons. The first-order valence-electron chi connectivity index (χ1n) is 13.5. The zero-order valence-electron chi connectivity index (χ0n) is 21.3. The normalized spacial score (nSPS) is 24.0. The number of aryl methyl sites for hydroxylation is 1. The molecule has 1 fully saturated rings. The van der Waals surface area contributed by atoms with Crippen molar-refractivity contribution < 1.29 is 14.6 Å². The van der Waals surface area contributed by atoms with Crippen LogP contribution >= 0.6 is 0 Å². The molecule has 4 aliphatic rings. The van der Waals surface area contributed by atoms with E-state index in [1.807, 2.05) is 12.1 Å². The number of methoxy groups -OCH3 is 1. The summed E-state index contributed by atoms with van der Waals surface area (Å²) in [6.07, 6.45) is 6.30. The molecule has 3 heterocycles. The van der Waals surface area contributed by atoms with Gasteiger partial charge in [-0.2, -0.15) is 5.10 Å². The SMILES string of the molecule is COc1cc(C2=NN3[C@@H](C2)c2ccccc2OC32CCN([C@@H]3CCCc4ccccc43)CC2)ccc1O. The third kappa shape index (κ3) is 3.69. The van der Waals surface area contributed by atoms with Gasteiger partial charge in [0.2, 0.25) is 5.72 Å². The monoisotopic (exact) mass is 495 g/mol. The second kappa shape index (κ2) is 8.80. The van der Waals surface area contributed by atoms with Crippen LogP contribution < -0.4 is 9.47 Å². The van der Waals surface area contributed by atoms with E-state index in [4.69, 9.17) is 14.6 Å². The number of ether oxygens (including phenoxy) is 2. The number of hydrazone groups is 1. The van der Waals surface area contributed by atoms with Gasteiger partial charge < -0.3 is 14.6 Å². The van der Waals surface area contributed by atoms with Crippen molar-refractivity contribution in [1.82, 2.24) is 9.91 Å². The predicted octanol–water partition coefficient (Wildman–Crippen LogP) is 5.81. The standard InChI is InChI=1S/C31H33N3O3/c1-36-30-19-22(13-14-28(30)35)25-20-27-24-10-4-5-12-29(24)37-31(34(27)32-25)15-17-33(18-16-31)26-11-6-8-21-7-2-3-9-23(21)26/h2-5,7,9-10,12-14,19,26-27,35H,6,8,11,15-18,20H2,1H3/t26-,27+/m1/s1. The molecular weight excluding hydrogens is 462 g/mol. The summed E-state index contributed by atoms with van der Waals surface area (Å²) in [6.45, 7) is 1.98. The summed E-state index contributed by atoms with van der Waals surface area (Å²) >= 11 is 0. The van der Waals surface area contributed by atoms with Crippen LogP contribution in [0.2, 0.25) is 0 Å². The summed E-state index contributed by atoms with van der Waals surface area (Å²) in [5.41, 5.74) is 5.76. The molecule has 3 aromatic rings. The molecule has 0 bridgehead atoms. The first-order chi connectivity index (χ1) is 18.1. The van der Waals surface area contributed by atoms with Gasteiger partial charge in [-0.1, -0.05) is 42.5 Å². The van der Waals surface area contributed by atoms with Gasteiger partial charge in [-0.25, -0.2) is 5.01 Å². The number of hydrogen-bond donors (Lipinski definition) is 1. The van der Waals surface area contributed by atoms with Crippen molar-refractivity contribution in [3.8, 4) is 17.2 Å². The highest BCUT2D eigenvalue weighted by atomic mass is 16.5. The van der Waals surface area contributed by atoms with Crippen LogP contribution in [0.25, 0.3) is 0 Å². The molecule has 0 radical (unpaired) electrons. The highest BCUT2D eigenvalue weighted by molar-refractivity contribution is 6.02. The quantitative estimate of drug-likeness (QED) is 0.497. The number of hydrogen-bond acceptors (Lipinski definition) is 6. The fourth-order valence-corrected chi connectivity index (χ4v) is 6.88. The first kappa shape index (κ1) is 22.7. The predicted molar refractivity (Wildman–Crippen MR) is 143 cm³/mol. The van der Waals surface area contributed by atoms with Gasteiger partial charge >= 0.3 is 0 Å². The summed E-state index contributed by atoms with van der Waals surface area (Å²) in [6, 6.07) is 23.6. The lowest BCUT2D eigenvalue weighted by Crippen LogP contribution is -2.59. The molecule has 0 aromatic heterocycles. The van der Waals surface area contributed by atoms with E-state index in [9.17, 15) is 5.11 Å². The minimum Gasteiger partial charge on any atom is -0.504 e. The van der Waals surface area contributed by atoms with Crippen molar-refractivity contribution in [2.45, 2.75) is 56.3 Å². The van der Waals surface area contributed by atoms with Gasteiger partial charge in [0.25, 0.3) is 0 Å². The maximum absolute atomic E-state index is 10.1. The number of benzene rings is 3. The van der Waals surface area contributed by atoms with Crippen molar-refractivity contribution >= 4 is 5.71 Å². The molecule has 0 unspecified atom stereocenters. The molecule has 0 amide bonds. The smallest absolute Gasteiger partial charge is 0.200 e. The molecule has 3 aliphatic heterocycles. The Bertz CT molecular complexity index is 1360. The number of rotatable bonds is 3. The summed E-state index contributed by atoms with van der Waals surface area (Å²) in [5, 5.41) is 17.6. The lowest BCUT2D eigenvalue weighted by molar-refractivity contribution is -0.153. The maximum atomic E-state index is 10.1. The van der Waals surface area contributed by atoms with E-state index in [2.05, 4.69) is 58.4 Å². The zero-order chi connectivity index (χ0) is 25.0. The van der Waals surface area contributed by atoms with Gasteiger partial charge in [0, 0.05) is 49.5 Å². The molecule has 37 heavy (non-hydrogen) atoms. The van der Waals surface area contributed by atoms with Crippen LogP contribution in [0.1, 0.15) is 66.4 Å². The topological polar surface area (TPSA) is 57.5 Å². The molecule has 2 atom stereocenters. The fraction of sp³-hybridized carbons (Fsp3) is 0.387. The number of piperidine rings is 1. The molecule has 1 spiro atoms. The Balaban J connectivity index is 1.20. The number of para-hydroxylation sites is 1. The number of phenolic OH excluding ortho intramolecular Hbond substituents is 1. The van der Waals surface area contributed by atoms with Crippen LogP contribution in [0.15, 0.2) is 71.8 Å². The average molecular weight is 496 g/mol. The summed E-state index contributed by atoms with van der Waals surface area (Å²) in [4.78, 5) is 2.67. The van der Waals surface area contributed by atoms with E-state index in [1.165, 1.54) is 36.0 Å². The van der Waals surface area contributed by atoms with Crippen molar-refractivity contribution in [3.63, 3.8) is 0 Å². The van der Waals surface area contributed by atoms with Crippen LogP contribution in [0.3, 0.4) is 0 Å². The number of fused-ring (bicyclic) bond motifs is 5. The maximum Gasteiger partial charge on any atom is 0.200 e. The van der Waals surface area contributed by atoms with E-state index in [1.54, 1.807) is 13.2 Å². The van der Waals surface area contributed by atoms with Crippen molar-refractivity contribution in [3.05, 3.63) is 89.0 Å². The van der Waals surface area contributed by atoms with Gasteiger partial charge in [-0.3, -0.25) is 4.90 Å². The second-order valence-corrected chi connectivity index (χ2v) is 10.7. The molecule has 7 rings (SSSR count). The van der Waals surface area contributed by atoms with Crippen LogP contribution in [0.5, 0.6) is 17.2 Å². The Morgan fingerprint density at radius 1 is 0.973 bits per heavy atom. The highest BCUT2D eigenvalue weighted by Crippen LogP contribution is 2.51. The highest BCUT2D eigenvalue weighted by Gasteiger charge is 2.52. The Morgan fingerprint density at radius 2 is 1.76 bits per heavy atom. The second-order valence-electron chi connectivity index (χ2n) is 10.7. The fourth-order valence-electron chi connectivity index (χ4n) is 6.88. The van der Waals surface area contributed by atoms with Crippen LogP contribution in [-0.4, -0.2) is 46.7 Å². The van der Waals surface area contributed by atoms with Crippen LogP contribution in [-0.2, 0) is 6.42 Å². The Labute approximate surface area is 218 Å². The van der Waals surface area contributed by atoms with Crippen molar-refractivity contribution in [2.24, 2.45) is 5.10 Å². The number of aromatic hydroxyl groups is 1. The zero-order valence-corrected chi connectivity index (χ0v) is 21.3. The third-order valence-corrected chi connectivity index (χ3v) is 8.78. The van der Waals surface area contributed by atoms with Gasteiger partial charge in [-0.15, -0.1) is 0 Å². The molecule has 0 saturated carbocycles. The molecule has 1 N–H and O–H groups in total. The van der Waals surface area contributed by atoms with Crippen LogP contribution in [0.4, 0.5) is 0 Å². The Kier molecular flexibility index (Phi) is 5.39. The van der Waals surface area contributed by atoms with Crippen molar-refractivity contribution in [1.29, 1.82) is 0 Å². The average Bonchev–Trinajstić information content (AvgIpc) is 3.41. The van der Waals surface area contributed by atoms with E-state index < -0.39 is 5.72 Å². The summed E-state index contributed by atoms with van der Waals surface area (Å²) in [5.74, 6) is 1.60. The van der Waals surface area contributed by atoms with Gasteiger partial charge in [0.15, 0.2) is 11.5 Å². The minimum absolute atomic E-state index is 0.140. The summed E-state index contributed by atoms with van der Waals surface area (Å²) in [7, 11) is 1.58. The van der Waals surface area contributed by atoms with E-state index >= 15 is 0 Å². The van der Waals surface area contributed by atoms with E-state index in [-0.39, 0.29) is 11.8 Å². The van der Waals surface area contributed by atoms with Gasteiger partial charge in [-0.05, 0) is 54.7 Å². The first-order valence-corrected chi connectivity index (χ1v) is 13.5. The van der Waals surface area contributed by atoms with Crippen LogP contribution in [0, 0.1) is 0 Å². The largest absolute Gasteiger partial charge is 0.504 e. The van der Waals surface area contributed by atoms with Gasteiger partial charge in [0.1, 0.15) is 5.75 Å². The van der Waals surface area contributed by atoms with Gasteiger partial charge in [0.05, 0.1) is 18.9 Å². The van der Waals surface area contributed by atoms with Crippen molar-refractivity contribution in [2.75, 3.05) is 20.2 Å². The Hall–Kier alpha value is -3.51. The lowest BCUT2D eigenvalue weighted by atomic mass is 9.84. The molecule has 6 nitrogen and oxygen atoms in total. The Morgan fingerprint density at radius 3 is 2.59 bits per heavy atom. The third-order valence-electron chi connectivity index (χ3n) is 8.78. The number of likely N-dealkylation sites (tertiary alicyclic amines) is 1. The minimum atomic E-state index is -0.452. The van der Waals surface area contributed by atoms with E-state index in [0.29, 0.717) is 11.8 Å². The molecular formula is C31H33N3O3. The number of phenols is 1. The summed E-state index contributed by atoms with van der Waals surface area (Å²) < 4.78 is 12.2. The number of nitrogens with zero attached hydrogens (tertiary/aromatic N) is 3.